The van der Waals surface area contributed by atoms with Gasteiger partial charge < -0.3 is 4.90 Å². The Bertz CT molecular complexity index is 329. The number of nitrogens with zero attached hydrogens (tertiary/aromatic N) is 5. The zero-order chi connectivity index (χ0) is 16.8. The minimum absolute atomic E-state index is 0.674. The van der Waals surface area contributed by atoms with Gasteiger partial charge in [-0.05, 0) is 45.7 Å². The summed E-state index contributed by atoms with van der Waals surface area (Å²) in [7, 11) is 11.1. The van der Waals surface area contributed by atoms with Crippen LogP contribution in [-0.2, 0) is 0 Å². The normalized spacial score (nSPS) is 24.1. The SMILES string of the molecule is CN(C)CCN(C)N(C)CC1CCCN1N(C)CC1CCCC1. The molecule has 0 aromatic carbocycles. The first kappa shape index (κ1) is 19.1. The van der Waals surface area contributed by atoms with Crippen molar-refractivity contribution in [1.29, 1.82) is 0 Å². The second kappa shape index (κ2) is 9.33. The van der Waals surface area contributed by atoms with Crippen molar-refractivity contribution in [3.05, 3.63) is 0 Å². The van der Waals surface area contributed by atoms with Gasteiger partial charge in [0.2, 0.25) is 0 Å². The number of likely N-dealkylation sites (N-methyl/N-ethyl adjacent to an activating group) is 3. The third kappa shape index (κ3) is 5.98. The van der Waals surface area contributed by atoms with Gasteiger partial charge in [-0.3, -0.25) is 0 Å². The molecular formula is C18H39N5. The molecule has 23 heavy (non-hydrogen) atoms. The van der Waals surface area contributed by atoms with Crippen molar-refractivity contribution < 1.29 is 0 Å². The molecule has 5 heteroatoms. The first-order valence-electron chi connectivity index (χ1n) is 9.52. The minimum atomic E-state index is 0.674. The van der Waals surface area contributed by atoms with E-state index >= 15 is 0 Å². The molecule has 1 heterocycles. The topological polar surface area (TPSA) is 16.2 Å². The molecule has 1 atom stereocenters. The molecular weight excluding hydrogens is 286 g/mol. The molecule has 0 N–H and O–H groups in total. The van der Waals surface area contributed by atoms with E-state index in [1.165, 1.54) is 51.6 Å². The van der Waals surface area contributed by atoms with Crippen LogP contribution in [0.25, 0.3) is 0 Å². The fraction of sp³-hybridized carbons (Fsp3) is 1.00. The Morgan fingerprint density at radius 2 is 1.48 bits per heavy atom. The molecule has 2 fully saturated rings. The summed E-state index contributed by atoms with van der Waals surface area (Å²) in [6.07, 6.45) is 8.45. The average Bonchev–Trinajstić information content (AvgIpc) is 3.16. The molecule has 1 aliphatic heterocycles. The quantitative estimate of drug-likeness (QED) is 0.600. The van der Waals surface area contributed by atoms with Crippen molar-refractivity contribution in [2.75, 3.05) is 68.0 Å². The van der Waals surface area contributed by atoms with Gasteiger partial charge in [-0.25, -0.2) is 20.0 Å². The summed E-state index contributed by atoms with van der Waals surface area (Å²) in [5.41, 5.74) is 0. The zero-order valence-electron chi connectivity index (χ0n) is 16.2. The van der Waals surface area contributed by atoms with Crippen molar-refractivity contribution in [3.63, 3.8) is 0 Å². The lowest BCUT2D eigenvalue weighted by Gasteiger charge is -2.38. The van der Waals surface area contributed by atoms with Gasteiger partial charge in [0.1, 0.15) is 0 Å². The van der Waals surface area contributed by atoms with Gasteiger partial charge in [0.15, 0.2) is 0 Å². The number of hydrogen-bond acceptors (Lipinski definition) is 5. The van der Waals surface area contributed by atoms with Gasteiger partial charge in [0.05, 0.1) is 0 Å². The van der Waals surface area contributed by atoms with Crippen LogP contribution in [-0.4, -0.2) is 98.9 Å². The molecule has 0 spiro atoms. The van der Waals surface area contributed by atoms with E-state index < -0.39 is 0 Å². The van der Waals surface area contributed by atoms with E-state index in [0.29, 0.717) is 6.04 Å². The first-order chi connectivity index (χ1) is 11.0. The van der Waals surface area contributed by atoms with Crippen LogP contribution in [0.1, 0.15) is 38.5 Å². The highest BCUT2D eigenvalue weighted by molar-refractivity contribution is 4.80. The standard InChI is InChI=1S/C18H39N5/c1-19(2)13-14-20(3)21(4)16-18-11-8-12-23(18)22(5)15-17-9-6-7-10-17/h17-18H,6-16H2,1-5H3. The number of hydrogen-bond donors (Lipinski definition) is 0. The highest BCUT2D eigenvalue weighted by atomic mass is 15.7. The lowest BCUT2D eigenvalue weighted by molar-refractivity contribution is -0.0602. The smallest absolute Gasteiger partial charge is 0.0387 e. The van der Waals surface area contributed by atoms with Crippen LogP contribution >= 0.6 is 0 Å². The Morgan fingerprint density at radius 1 is 0.783 bits per heavy atom. The molecule has 0 radical (unpaired) electrons. The minimum Gasteiger partial charge on any atom is -0.308 e. The van der Waals surface area contributed by atoms with E-state index in [-0.39, 0.29) is 0 Å². The molecule has 2 aliphatic rings. The van der Waals surface area contributed by atoms with Gasteiger partial charge in [0.25, 0.3) is 0 Å². The van der Waals surface area contributed by atoms with E-state index in [2.05, 4.69) is 60.2 Å². The van der Waals surface area contributed by atoms with Gasteiger partial charge in [-0.15, -0.1) is 0 Å². The monoisotopic (exact) mass is 325 g/mol. The second-order valence-electron chi connectivity index (χ2n) is 7.97. The molecule has 0 amide bonds. The highest BCUT2D eigenvalue weighted by Crippen LogP contribution is 2.27. The van der Waals surface area contributed by atoms with Crippen molar-refractivity contribution in [1.82, 2.24) is 24.9 Å². The Labute approximate surface area is 144 Å². The van der Waals surface area contributed by atoms with Crippen molar-refractivity contribution >= 4 is 0 Å². The van der Waals surface area contributed by atoms with E-state index in [4.69, 9.17) is 0 Å². The van der Waals surface area contributed by atoms with E-state index in [9.17, 15) is 0 Å². The van der Waals surface area contributed by atoms with Crippen LogP contribution in [0.15, 0.2) is 0 Å². The molecule has 1 saturated heterocycles. The zero-order valence-corrected chi connectivity index (χ0v) is 16.2. The Hall–Kier alpha value is -0.200. The summed E-state index contributed by atoms with van der Waals surface area (Å²) in [5, 5.41) is 9.97. The van der Waals surface area contributed by atoms with Gasteiger partial charge in [0, 0.05) is 59.9 Å². The van der Waals surface area contributed by atoms with Crippen LogP contribution in [0.3, 0.4) is 0 Å². The summed E-state index contributed by atoms with van der Waals surface area (Å²) < 4.78 is 0. The lowest BCUT2D eigenvalue weighted by Crippen LogP contribution is -2.51. The van der Waals surface area contributed by atoms with Crippen LogP contribution in [0.2, 0.25) is 0 Å². The molecule has 1 unspecified atom stereocenters. The summed E-state index contributed by atoms with van der Waals surface area (Å²) in [5.74, 6) is 0.932. The number of rotatable bonds is 9. The molecule has 136 valence electrons. The Kier molecular flexibility index (Phi) is 7.76. The van der Waals surface area contributed by atoms with E-state index in [1.54, 1.807) is 0 Å². The first-order valence-corrected chi connectivity index (χ1v) is 9.52. The van der Waals surface area contributed by atoms with Crippen molar-refractivity contribution in [3.8, 4) is 0 Å². The summed E-state index contributed by atoms with van der Waals surface area (Å²) in [4.78, 5) is 2.25. The molecule has 0 bridgehead atoms. The van der Waals surface area contributed by atoms with Crippen LogP contribution in [0, 0.1) is 5.92 Å². The Balaban J connectivity index is 1.78. The van der Waals surface area contributed by atoms with E-state index in [1.807, 2.05) is 0 Å². The second-order valence-corrected chi connectivity index (χ2v) is 7.97. The van der Waals surface area contributed by atoms with Crippen LogP contribution < -0.4 is 0 Å². The third-order valence-electron chi connectivity index (χ3n) is 5.71. The summed E-state index contributed by atoms with van der Waals surface area (Å²) in [6, 6.07) is 0.674. The van der Waals surface area contributed by atoms with Gasteiger partial charge in [-0.2, -0.15) is 0 Å². The average molecular weight is 326 g/mol. The molecule has 1 saturated carbocycles. The summed E-state index contributed by atoms with van der Waals surface area (Å²) >= 11 is 0. The Morgan fingerprint density at radius 3 is 2.13 bits per heavy atom. The maximum Gasteiger partial charge on any atom is 0.0387 e. The predicted molar refractivity (Wildman–Crippen MR) is 98.1 cm³/mol. The maximum atomic E-state index is 2.65. The molecule has 2 rings (SSSR count). The van der Waals surface area contributed by atoms with Crippen molar-refractivity contribution in [2.24, 2.45) is 5.92 Å². The summed E-state index contributed by atoms with van der Waals surface area (Å²) in [6.45, 7) is 5.84. The predicted octanol–water partition coefficient (Wildman–Crippen LogP) is 1.83. The highest BCUT2D eigenvalue weighted by Gasteiger charge is 2.30. The van der Waals surface area contributed by atoms with Gasteiger partial charge in [-0.1, -0.05) is 12.8 Å². The lowest BCUT2D eigenvalue weighted by atomic mass is 10.1. The van der Waals surface area contributed by atoms with Crippen LogP contribution in [0.5, 0.6) is 0 Å². The van der Waals surface area contributed by atoms with Crippen LogP contribution in [0.4, 0.5) is 0 Å². The van der Waals surface area contributed by atoms with Gasteiger partial charge >= 0.3 is 0 Å². The fourth-order valence-corrected chi connectivity index (χ4v) is 4.09. The molecule has 0 aromatic heterocycles. The molecule has 0 aromatic rings. The van der Waals surface area contributed by atoms with E-state index in [0.717, 1.165) is 25.6 Å². The maximum absolute atomic E-state index is 2.65. The fourth-order valence-electron chi connectivity index (χ4n) is 4.09. The largest absolute Gasteiger partial charge is 0.308 e. The molecule has 5 nitrogen and oxygen atoms in total. The number of hydrazine groups is 2. The third-order valence-corrected chi connectivity index (χ3v) is 5.71. The molecule has 1 aliphatic carbocycles. The van der Waals surface area contributed by atoms with Crippen molar-refractivity contribution in [2.45, 2.75) is 44.6 Å².